The van der Waals surface area contributed by atoms with Crippen molar-refractivity contribution in [1.82, 2.24) is 5.32 Å². The number of ether oxygens (including phenoxy) is 1. The second-order valence-electron chi connectivity index (χ2n) is 11.0. The van der Waals surface area contributed by atoms with Gasteiger partial charge in [-0.25, -0.2) is 4.79 Å². The Kier molecular flexibility index (Phi) is 6.59. The van der Waals surface area contributed by atoms with Crippen LogP contribution in [0.15, 0.2) is 30.4 Å². The molecule has 3 aliphatic carbocycles. The molecule has 2 N–H and O–H groups in total. The van der Waals surface area contributed by atoms with Crippen LogP contribution in [0.25, 0.3) is 0 Å². The maximum Gasteiger partial charge on any atom is 0.482 e. The van der Waals surface area contributed by atoms with Crippen molar-refractivity contribution in [2.45, 2.75) is 77.4 Å². The summed E-state index contributed by atoms with van der Waals surface area (Å²) in [6.07, 6.45) is 3.32. The zero-order valence-corrected chi connectivity index (χ0v) is 20.8. The minimum Gasteiger partial charge on any atom is -0.496 e. The minimum absolute atomic E-state index is 0.0173. The molecule has 1 aliphatic heterocycles. The van der Waals surface area contributed by atoms with Gasteiger partial charge >= 0.3 is 13.1 Å². The summed E-state index contributed by atoms with van der Waals surface area (Å²) in [5.74, 6) is -0.348. The van der Waals surface area contributed by atoms with Gasteiger partial charge in [-0.3, -0.25) is 4.79 Å². The van der Waals surface area contributed by atoms with Crippen molar-refractivity contribution in [1.29, 1.82) is 0 Å². The molecule has 0 aromatic heterocycles. The molecule has 8 heteroatoms. The number of benzene rings is 1. The number of nitrogens with one attached hydrogen (secondary N) is 1. The number of hydrogen-bond acceptors (Lipinski definition) is 5. The molecule has 1 heterocycles. The SMILES string of the molecule is C=C(C)CCC(=O)NC(Cc1cccc(C(=O)O)c1OC)B1OC2CC3CC(C3(C)C)C2(C)O1. The zero-order valence-electron chi connectivity index (χ0n) is 20.8. The number of carboxylic acid groups (broad SMARTS) is 1. The lowest BCUT2D eigenvalue weighted by molar-refractivity contribution is -0.199. The van der Waals surface area contributed by atoms with E-state index in [0.717, 1.165) is 18.4 Å². The number of para-hydroxylation sites is 1. The first-order valence-corrected chi connectivity index (χ1v) is 12.1. The molecule has 1 aromatic rings. The third-order valence-corrected chi connectivity index (χ3v) is 8.39. The minimum atomic E-state index is -1.06. The van der Waals surface area contributed by atoms with Crippen LogP contribution in [0.1, 0.15) is 69.3 Å². The number of carbonyl (C=O) groups is 2. The van der Waals surface area contributed by atoms with E-state index in [1.54, 1.807) is 6.07 Å². The second kappa shape index (κ2) is 9.04. The van der Waals surface area contributed by atoms with Crippen LogP contribution in [0, 0.1) is 17.3 Å². The fourth-order valence-corrected chi connectivity index (χ4v) is 6.28. The molecule has 4 fully saturated rings. The van der Waals surface area contributed by atoms with Gasteiger partial charge in [0.25, 0.3) is 0 Å². The molecule has 0 radical (unpaired) electrons. The van der Waals surface area contributed by atoms with E-state index in [9.17, 15) is 14.7 Å². The van der Waals surface area contributed by atoms with Gasteiger partial charge in [0.1, 0.15) is 11.3 Å². The van der Waals surface area contributed by atoms with Crippen LogP contribution in [-0.2, 0) is 20.5 Å². The summed E-state index contributed by atoms with van der Waals surface area (Å²) in [7, 11) is 0.830. The third-order valence-electron chi connectivity index (χ3n) is 8.39. The highest BCUT2D eigenvalue weighted by atomic mass is 16.7. The smallest absolute Gasteiger partial charge is 0.482 e. The van der Waals surface area contributed by atoms with Gasteiger partial charge in [-0.1, -0.05) is 31.6 Å². The predicted octanol–water partition coefficient (Wildman–Crippen LogP) is 4.04. The van der Waals surface area contributed by atoms with Gasteiger partial charge in [-0.15, -0.1) is 6.58 Å². The lowest BCUT2D eigenvalue weighted by Gasteiger charge is -2.64. The summed E-state index contributed by atoms with van der Waals surface area (Å²) in [5.41, 5.74) is 1.52. The Labute approximate surface area is 202 Å². The Morgan fingerprint density at radius 1 is 1.29 bits per heavy atom. The molecular weight excluding hydrogens is 433 g/mol. The molecule has 5 rings (SSSR count). The van der Waals surface area contributed by atoms with Crippen molar-refractivity contribution in [2.24, 2.45) is 17.3 Å². The highest BCUT2D eigenvalue weighted by Crippen LogP contribution is 2.65. The van der Waals surface area contributed by atoms with Crippen LogP contribution in [-0.4, -0.2) is 48.9 Å². The number of carboxylic acids is 1. The number of allylic oxidation sites excluding steroid dienone is 1. The molecule has 184 valence electrons. The quantitative estimate of drug-likeness (QED) is 0.419. The molecule has 3 saturated carbocycles. The van der Waals surface area contributed by atoms with Crippen LogP contribution in [0.5, 0.6) is 5.75 Å². The standard InChI is InChI=1S/C26H36BNO6/c1-15(2)10-11-22(29)28-21(12-16-8-7-9-18(24(30)31)23(16)32-6)27-33-20-14-17-13-19(25(17,3)4)26(20,5)34-27/h7-9,17,19-21H,1,10-14H2,2-6H3,(H,28,29)(H,30,31). The normalized spacial score (nSPS) is 29.6. The van der Waals surface area contributed by atoms with Crippen molar-refractivity contribution < 1.29 is 28.7 Å². The molecular formula is C26H36BNO6. The van der Waals surface area contributed by atoms with Gasteiger partial charge in [0, 0.05) is 6.42 Å². The number of amides is 1. The summed E-state index contributed by atoms with van der Waals surface area (Å²) in [4.78, 5) is 24.5. The van der Waals surface area contributed by atoms with Gasteiger partial charge in [-0.05, 0) is 68.4 Å². The van der Waals surface area contributed by atoms with E-state index in [1.165, 1.54) is 13.2 Å². The van der Waals surface area contributed by atoms with Gasteiger partial charge in [0.05, 0.1) is 24.8 Å². The lowest BCUT2D eigenvalue weighted by Crippen LogP contribution is -2.65. The second-order valence-corrected chi connectivity index (χ2v) is 11.0. The largest absolute Gasteiger partial charge is 0.496 e. The molecule has 1 amide bonds. The van der Waals surface area contributed by atoms with Crippen LogP contribution < -0.4 is 10.1 Å². The highest BCUT2D eigenvalue weighted by molar-refractivity contribution is 6.48. The van der Waals surface area contributed by atoms with Gasteiger partial charge < -0.3 is 24.5 Å². The summed E-state index contributed by atoms with van der Waals surface area (Å²) in [6.45, 7) is 12.5. The molecule has 1 saturated heterocycles. The molecule has 5 atom stereocenters. The average molecular weight is 469 g/mol. The first kappa shape index (κ1) is 24.8. The van der Waals surface area contributed by atoms with Crippen molar-refractivity contribution in [3.8, 4) is 5.75 Å². The van der Waals surface area contributed by atoms with Crippen LogP contribution in [0.4, 0.5) is 0 Å². The number of hydrogen-bond donors (Lipinski definition) is 2. The first-order valence-electron chi connectivity index (χ1n) is 12.1. The average Bonchev–Trinajstić information content (AvgIpc) is 3.14. The Morgan fingerprint density at radius 2 is 2.03 bits per heavy atom. The number of carbonyl (C=O) groups excluding carboxylic acids is 1. The van der Waals surface area contributed by atoms with E-state index in [0.29, 0.717) is 42.4 Å². The topological polar surface area (TPSA) is 94.1 Å². The molecule has 7 nitrogen and oxygen atoms in total. The maximum atomic E-state index is 12.8. The molecule has 4 aliphatic rings. The number of aromatic carboxylic acids is 1. The molecule has 5 unspecified atom stereocenters. The molecule has 34 heavy (non-hydrogen) atoms. The van der Waals surface area contributed by atoms with E-state index in [1.807, 2.05) is 13.0 Å². The lowest BCUT2D eigenvalue weighted by atomic mass is 9.43. The molecule has 1 aromatic carbocycles. The fourth-order valence-electron chi connectivity index (χ4n) is 6.28. The Morgan fingerprint density at radius 3 is 2.65 bits per heavy atom. The van der Waals surface area contributed by atoms with Crippen molar-refractivity contribution in [2.75, 3.05) is 7.11 Å². The van der Waals surface area contributed by atoms with Gasteiger partial charge in [0.15, 0.2) is 0 Å². The van der Waals surface area contributed by atoms with Crippen LogP contribution in [0.3, 0.4) is 0 Å². The highest BCUT2D eigenvalue weighted by Gasteiger charge is 2.68. The van der Waals surface area contributed by atoms with E-state index in [4.69, 9.17) is 14.0 Å². The number of methoxy groups -OCH3 is 1. The monoisotopic (exact) mass is 469 g/mol. The molecule has 2 bridgehead atoms. The van der Waals surface area contributed by atoms with E-state index in [2.05, 4.69) is 32.7 Å². The number of rotatable bonds is 9. The summed E-state index contributed by atoms with van der Waals surface area (Å²) in [6, 6.07) is 5.02. The van der Waals surface area contributed by atoms with E-state index >= 15 is 0 Å². The van der Waals surface area contributed by atoms with E-state index < -0.39 is 24.6 Å². The summed E-state index contributed by atoms with van der Waals surface area (Å²) in [5, 5.41) is 12.7. The third kappa shape index (κ3) is 4.26. The first-order chi connectivity index (χ1) is 16.0. The summed E-state index contributed by atoms with van der Waals surface area (Å²) >= 11 is 0. The zero-order chi connectivity index (χ0) is 24.8. The maximum absolute atomic E-state index is 12.8. The molecule has 0 spiro atoms. The van der Waals surface area contributed by atoms with Crippen molar-refractivity contribution in [3.63, 3.8) is 0 Å². The van der Waals surface area contributed by atoms with Crippen molar-refractivity contribution in [3.05, 3.63) is 41.5 Å². The van der Waals surface area contributed by atoms with Gasteiger partial charge in [0.2, 0.25) is 5.91 Å². The van der Waals surface area contributed by atoms with E-state index in [-0.39, 0.29) is 23.0 Å². The fraction of sp³-hybridized carbons (Fsp3) is 0.615. The summed E-state index contributed by atoms with van der Waals surface area (Å²) < 4.78 is 18.6. The predicted molar refractivity (Wildman–Crippen MR) is 130 cm³/mol. The van der Waals surface area contributed by atoms with Crippen LogP contribution in [0.2, 0.25) is 0 Å². The Hall–Kier alpha value is -2.32. The van der Waals surface area contributed by atoms with Crippen molar-refractivity contribution >= 4 is 19.0 Å². The Balaban J connectivity index is 1.60. The van der Waals surface area contributed by atoms with Gasteiger partial charge in [-0.2, -0.15) is 0 Å². The Bertz CT molecular complexity index is 994. The van der Waals surface area contributed by atoms with Crippen LogP contribution >= 0.6 is 0 Å².